The molecule has 0 heterocycles. The van der Waals surface area contributed by atoms with Gasteiger partial charge in [-0.3, -0.25) is 4.79 Å². The van der Waals surface area contributed by atoms with E-state index in [1.165, 1.54) is 18.7 Å². The van der Waals surface area contributed by atoms with Crippen molar-refractivity contribution in [1.82, 2.24) is 0 Å². The summed E-state index contributed by atoms with van der Waals surface area (Å²) in [6.45, 7) is 3.90. The van der Waals surface area contributed by atoms with E-state index in [2.05, 4.69) is 0 Å². The van der Waals surface area contributed by atoms with Gasteiger partial charge in [-0.1, -0.05) is 24.3 Å². The Bertz CT molecular complexity index is 767. The van der Waals surface area contributed by atoms with Crippen molar-refractivity contribution in [3.8, 4) is 16.9 Å². The summed E-state index contributed by atoms with van der Waals surface area (Å²) < 4.78 is 24.6. The summed E-state index contributed by atoms with van der Waals surface area (Å²) in [5, 5.41) is 0. The summed E-state index contributed by atoms with van der Waals surface area (Å²) in [6.07, 6.45) is 2.57. The first-order valence-corrected chi connectivity index (χ1v) is 9.08. The van der Waals surface area contributed by atoms with Crippen LogP contribution >= 0.6 is 0 Å². The highest BCUT2D eigenvalue weighted by Gasteiger charge is 2.38. The minimum Gasteiger partial charge on any atom is -0.491 e. The van der Waals surface area contributed by atoms with Crippen molar-refractivity contribution in [3.05, 3.63) is 53.8 Å². The average Bonchev–Trinajstić information content (AvgIpc) is 3.34. The number of carbonyl (C=O) groups excluding carboxylic acids is 1. The third-order valence-electron chi connectivity index (χ3n) is 4.80. The van der Waals surface area contributed by atoms with E-state index in [0.29, 0.717) is 29.6 Å². The smallest absolute Gasteiger partial charge is 0.305 e. The molecule has 138 valence electrons. The SMILES string of the molecule is COC(=O)CC1CC1Cc1ccc(-c2cc(OC(C)C)ccc2F)cc1. The van der Waals surface area contributed by atoms with Crippen LogP contribution in [0, 0.1) is 17.7 Å². The molecule has 0 aliphatic heterocycles. The maximum Gasteiger partial charge on any atom is 0.305 e. The van der Waals surface area contributed by atoms with Gasteiger partial charge in [-0.25, -0.2) is 4.39 Å². The molecule has 2 aromatic carbocycles. The highest BCUT2D eigenvalue weighted by Crippen LogP contribution is 2.43. The number of ether oxygens (including phenoxy) is 2. The van der Waals surface area contributed by atoms with Gasteiger partial charge in [-0.2, -0.15) is 0 Å². The van der Waals surface area contributed by atoms with E-state index in [-0.39, 0.29) is 17.9 Å². The van der Waals surface area contributed by atoms with Crippen LogP contribution in [0.25, 0.3) is 11.1 Å². The molecule has 0 saturated heterocycles. The molecule has 0 aromatic heterocycles. The lowest BCUT2D eigenvalue weighted by Crippen LogP contribution is -2.05. The lowest BCUT2D eigenvalue weighted by Gasteiger charge is -2.12. The minimum absolute atomic E-state index is 0.0483. The quantitative estimate of drug-likeness (QED) is 0.653. The van der Waals surface area contributed by atoms with Crippen LogP contribution in [0.15, 0.2) is 42.5 Å². The van der Waals surface area contributed by atoms with E-state index in [9.17, 15) is 9.18 Å². The van der Waals surface area contributed by atoms with Crippen molar-refractivity contribution >= 4 is 5.97 Å². The van der Waals surface area contributed by atoms with Crippen molar-refractivity contribution in [1.29, 1.82) is 0 Å². The number of methoxy groups -OCH3 is 1. The first-order chi connectivity index (χ1) is 12.5. The lowest BCUT2D eigenvalue weighted by atomic mass is 10.0. The monoisotopic (exact) mass is 356 g/mol. The van der Waals surface area contributed by atoms with Crippen LogP contribution in [0.2, 0.25) is 0 Å². The maximum absolute atomic E-state index is 14.2. The fraction of sp³-hybridized carbons (Fsp3) is 0.409. The molecule has 1 aliphatic carbocycles. The van der Waals surface area contributed by atoms with Gasteiger partial charge < -0.3 is 9.47 Å². The minimum atomic E-state index is -0.255. The lowest BCUT2D eigenvalue weighted by molar-refractivity contribution is -0.141. The third-order valence-corrected chi connectivity index (χ3v) is 4.80. The van der Waals surface area contributed by atoms with Crippen LogP contribution in [0.4, 0.5) is 4.39 Å². The molecule has 1 saturated carbocycles. The second kappa shape index (κ2) is 7.90. The first-order valence-electron chi connectivity index (χ1n) is 9.08. The van der Waals surface area contributed by atoms with E-state index in [4.69, 9.17) is 9.47 Å². The highest BCUT2D eigenvalue weighted by atomic mass is 19.1. The fourth-order valence-corrected chi connectivity index (χ4v) is 3.30. The van der Waals surface area contributed by atoms with E-state index in [0.717, 1.165) is 18.4 Å². The topological polar surface area (TPSA) is 35.5 Å². The molecule has 0 amide bonds. The number of hydrogen-bond acceptors (Lipinski definition) is 3. The van der Waals surface area contributed by atoms with E-state index in [1.54, 1.807) is 12.1 Å². The molecular weight excluding hydrogens is 331 g/mol. The zero-order valence-corrected chi connectivity index (χ0v) is 15.5. The van der Waals surface area contributed by atoms with Crippen molar-refractivity contribution in [2.45, 2.75) is 39.2 Å². The third kappa shape index (κ3) is 4.63. The second-order valence-electron chi connectivity index (χ2n) is 7.25. The molecule has 0 radical (unpaired) electrons. The molecule has 3 nitrogen and oxygen atoms in total. The Morgan fingerprint density at radius 2 is 1.88 bits per heavy atom. The van der Waals surface area contributed by atoms with Gasteiger partial charge in [0.05, 0.1) is 13.2 Å². The molecule has 26 heavy (non-hydrogen) atoms. The predicted octanol–water partition coefficient (Wildman–Crippen LogP) is 5.02. The average molecular weight is 356 g/mol. The Morgan fingerprint density at radius 1 is 1.15 bits per heavy atom. The number of rotatable bonds is 7. The normalized spacial score (nSPS) is 18.7. The summed E-state index contributed by atoms with van der Waals surface area (Å²) in [5.41, 5.74) is 2.59. The van der Waals surface area contributed by atoms with Gasteiger partial charge in [0.2, 0.25) is 0 Å². The molecule has 3 rings (SSSR count). The molecule has 2 aromatic rings. The Kier molecular flexibility index (Phi) is 5.60. The Morgan fingerprint density at radius 3 is 2.54 bits per heavy atom. The molecule has 2 unspecified atom stereocenters. The van der Waals surface area contributed by atoms with E-state index in [1.807, 2.05) is 38.1 Å². The molecule has 0 bridgehead atoms. The van der Waals surface area contributed by atoms with E-state index >= 15 is 0 Å². The van der Waals surface area contributed by atoms with Crippen molar-refractivity contribution in [3.63, 3.8) is 0 Å². The number of halogens is 1. The van der Waals surface area contributed by atoms with Gasteiger partial charge >= 0.3 is 5.97 Å². The van der Waals surface area contributed by atoms with Crippen LogP contribution in [0.1, 0.15) is 32.3 Å². The Balaban J connectivity index is 1.66. The van der Waals surface area contributed by atoms with Crippen molar-refractivity contribution < 1.29 is 18.7 Å². The molecule has 0 spiro atoms. The summed E-state index contributed by atoms with van der Waals surface area (Å²) in [7, 11) is 1.43. The van der Waals surface area contributed by atoms with Gasteiger partial charge in [0.25, 0.3) is 0 Å². The number of carbonyl (C=O) groups is 1. The Labute approximate surface area is 154 Å². The highest BCUT2D eigenvalue weighted by molar-refractivity contribution is 5.70. The molecular formula is C22H25FO3. The predicted molar refractivity (Wildman–Crippen MR) is 99.5 cm³/mol. The number of esters is 1. The van der Waals surface area contributed by atoms with Crippen LogP contribution in [0.5, 0.6) is 5.75 Å². The van der Waals surface area contributed by atoms with Crippen LogP contribution < -0.4 is 4.74 Å². The van der Waals surface area contributed by atoms with Crippen LogP contribution in [0.3, 0.4) is 0 Å². The van der Waals surface area contributed by atoms with Crippen LogP contribution in [-0.4, -0.2) is 19.2 Å². The van der Waals surface area contributed by atoms with Gasteiger partial charge in [-0.15, -0.1) is 0 Å². The molecule has 1 fully saturated rings. The van der Waals surface area contributed by atoms with Gasteiger partial charge in [0.1, 0.15) is 11.6 Å². The summed E-state index contributed by atoms with van der Waals surface area (Å²) in [5.74, 6) is 1.26. The second-order valence-corrected chi connectivity index (χ2v) is 7.25. The van der Waals surface area contributed by atoms with Crippen molar-refractivity contribution in [2.24, 2.45) is 11.8 Å². The molecule has 2 atom stereocenters. The summed E-state index contributed by atoms with van der Waals surface area (Å²) in [4.78, 5) is 11.3. The first kappa shape index (κ1) is 18.4. The molecule has 0 N–H and O–H groups in total. The van der Waals surface area contributed by atoms with Crippen molar-refractivity contribution in [2.75, 3.05) is 7.11 Å². The van der Waals surface area contributed by atoms with E-state index < -0.39 is 0 Å². The van der Waals surface area contributed by atoms with Crippen LogP contribution in [-0.2, 0) is 16.0 Å². The van der Waals surface area contributed by atoms with Gasteiger partial charge in [0, 0.05) is 12.0 Å². The molecule has 1 aliphatic rings. The largest absolute Gasteiger partial charge is 0.491 e. The Hall–Kier alpha value is -2.36. The number of benzene rings is 2. The van der Waals surface area contributed by atoms with Gasteiger partial charge in [-0.05, 0) is 67.9 Å². The fourth-order valence-electron chi connectivity index (χ4n) is 3.30. The zero-order chi connectivity index (χ0) is 18.7. The molecule has 4 heteroatoms. The summed E-state index contributed by atoms with van der Waals surface area (Å²) >= 11 is 0. The standard InChI is InChI=1S/C22H25FO3/c1-14(2)26-19-8-9-21(23)20(13-19)16-6-4-15(5-7-16)10-17-11-18(17)12-22(24)25-3/h4-9,13-14,17-18H,10-12H2,1-3H3. The number of hydrogen-bond donors (Lipinski definition) is 0. The zero-order valence-electron chi connectivity index (χ0n) is 15.5. The van der Waals surface area contributed by atoms with Gasteiger partial charge in [0.15, 0.2) is 0 Å². The summed E-state index contributed by atoms with van der Waals surface area (Å²) in [6, 6.07) is 12.8. The maximum atomic E-state index is 14.2.